The Morgan fingerprint density at radius 1 is 1.04 bits per heavy atom. The van der Waals surface area contributed by atoms with Crippen LogP contribution in [-0.4, -0.2) is 68.1 Å². The van der Waals surface area contributed by atoms with Gasteiger partial charge in [-0.25, -0.2) is 0 Å². The number of guanidine groups is 1. The number of nitrogens with one attached hydrogen (secondary N) is 2. The van der Waals surface area contributed by atoms with Gasteiger partial charge in [0.1, 0.15) is 0 Å². The van der Waals surface area contributed by atoms with Gasteiger partial charge in [-0.3, -0.25) is 9.89 Å². The first-order chi connectivity index (χ1) is 13.8. The van der Waals surface area contributed by atoms with Crippen LogP contribution in [0.5, 0.6) is 0 Å². The zero-order chi connectivity index (χ0) is 19.6. The summed E-state index contributed by atoms with van der Waals surface area (Å²) in [5.41, 5.74) is 1.41. The van der Waals surface area contributed by atoms with Crippen LogP contribution < -0.4 is 10.6 Å². The van der Waals surface area contributed by atoms with E-state index in [1.54, 1.807) is 0 Å². The van der Waals surface area contributed by atoms with E-state index in [4.69, 9.17) is 0 Å². The minimum absolute atomic E-state index is 0.594. The van der Waals surface area contributed by atoms with Crippen LogP contribution in [0.2, 0.25) is 0 Å². The molecule has 2 saturated heterocycles. The van der Waals surface area contributed by atoms with Crippen molar-refractivity contribution in [2.24, 2.45) is 10.9 Å². The third kappa shape index (κ3) is 6.49. The van der Waals surface area contributed by atoms with E-state index >= 15 is 0 Å². The van der Waals surface area contributed by atoms with E-state index in [-0.39, 0.29) is 0 Å². The maximum Gasteiger partial charge on any atom is 0.191 e. The second-order valence-electron chi connectivity index (χ2n) is 8.37. The van der Waals surface area contributed by atoms with Gasteiger partial charge in [0.05, 0.1) is 0 Å². The fourth-order valence-corrected chi connectivity index (χ4v) is 4.56. The number of benzene rings is 1. The molecule has 3 rings (SSSR count). The van der Waals surface area contributed by atoms with Gasteiger partial charge in [-0.15, -0.1) is 0 Å². The van der Waals surface area contributed by atoms with Crippen LogP contribution in [0.4, 0.5) is 0 Å². The van der Waals surface area contributed by atoms with E-state index in [2.05, 4.69) is 62.7 Å². The van der Waals surface area contributed by atoms with E-state index in [0.717, 1.165) is 31.5 Å². The van der Waals surface area contributed by atoms with Gasteiger partial charge >= 0.3 is 0 Å². The summed E-state index contributed by atoms with van der Waals surface area (Å²) in [5.74, 6) is 1.73. The molecule has 2 heterocycles. The molecule has 156 valence electrons. The molecule has 1 atom stereocenters. The number of aliphatic imine (C=N–C) groups is 1. The average Bonchev–Trinajstić information content (AvgIpc) is 3.17. The lowest BCUT2D eigenvalue weighted by Gasteiger charge is -2.32. The van der Waals surface area contributed by atoms with Gasteiger partial charge in [0.2, 0.25) is 0 Å². The standard InChI is InChI=1S/C23H39N5/c1-3-13-27-15-11-20(12-16-27)17-25-23(24-2)26-18-22-10-7-14-28(22)19-21-8-5-4-6-9-21/h4-6,8-9,20,22H,3,7,10-19H2,1-2H3,(H2,24,25,26). The highest BCUT2D eigenvalue weighted by atomic mass is 15.2. The molecule has 0 bridgehead atoms. The fourth-order valence-electron chi connectivity index (χ4n) is 4.56. The van der Waals surface area contributed by atoms with Crippen molar-refractivity contribution < 1.29 is 0 Å². The highest BCUT2D eigenvalue weighted by Crippen LogP contribution is 2.19. The van der Waals surface area contributed by atoms with Crippen LogP contribution in [-0.2, 0) is 6.54 Å². The van der Waals surface area contributed by atoms with E-state index in [9.17, 15) is 0 Å². The van der Waals surface area contributed by atoms with Crippen LogP contribution in [0.1, 0.15) is 44.6 Å². The molecule has 0 radical (unpaired) electrons. The summed E-state index contributed by atoms with van der Waals surface area (Å²) in [7, 11) is 1.88. The van der Waals surface area contributed by atoms with Gasteiger partial charge in [-0.2, -0.15) is 0 Å². The van der Waals surface area contributed by atoms with E-state index in [1.807, 2.05) is 7.05 Å². The van der Waals surface area contributed by atoms with Gasteiger partial charge in [0.25, 0.3) is 0 Å². The fraction of sp³-hybridized carbons (Fsp3) is 0.696. The minimum Gasteiger partial charge on any atom is -0.356 e. The molecule has 2 aliphatic rings. The van der Waals surface area contributed by atoms with Crippen molar-refractivity contribution in [3.05, 3.63) is 35.9 Å². The van der Waals surface area contributed by atoms with Crippen molar-refractivity contribution in [2.45, 2.75) is 51.6 Å². The summed E-state index contributed by atoms with van der Waals surface area (Å²) in [4.78, 5) is 9.66. The summed E-state index contributed by atoms with van der Waals surface area (Å²) in [6.07, 6.45) is 6.44. The predicted molar refractivity (Wildman–Crippen MR) is 119 cm³/mol. The molecular weight excluding hydrogens is 346 g/mol. The van der Waals surface area contributed by atoms with Gasteiger partial charge in [-0.05, 0) is 69.8 Å². The van der Waals surface area contributed by atoms with Gasteiger partial charge in [0, 0.05) is 32.7 Å². The lowest BCUT2D eigenvalue weighted by Crippen LogP contribution is -2.46. The molecule has 2 N–H and O–H groups in total. The average molecular weight is 386 g/mol. The SMILES string of the molecule is CCCN1CCC(CNC(=NC)NCC2CCCN2Cc2ccccc2)CC1. The van der Waals surface area contributed by atoms with Crippen LogP contribution in [0.3, 0.4) is 0 Å². The maximum atomic E-state index is 4.45. The Labute approximate surface area is 171 Å². The molecule has 0 saturated carbocycles. The Morgan fingerprint density at radius 3 is 2.50 bits per heavy atom. The topological polar surface area (TPSA) is 42.9 Å². The summed E-state index contributed by atoms with van der Waals surface area (Å²) >= 11 is 0. The number of likely N-dealkylation sites (tertiary alicyclic amines) is 2. The summed E-state index contributed by atoms with van der Waals surface area (Å²) < 4.78 is 0. The Hall–Kier alpha value is -1.59. The van der Waals surface area contributed by atoms with E-state index < -0.39 is 0 Å². The van der Waals surface area contributed by atoms with E-state index in [0.29, 0.717) is 6.04 Å². The minimum atomic E-state index is 0.594. The lowest BCUT2D eigenvalue weighted by molar-refractivity contribution is 0.185. The van der Waals surface area contributed by atoms with Crippen molar-refractivity contribution >= 4 is 5.96 Å². The van der Waals surface area contributed by atoms with Crippen molar-refractivity contribution in [3.8, 4) is 0 Å². The maximum absolute atomic E-state index is 4.45. The number of rotatable bonds is 8. The Kier molecular flexibility index (Phi) is 8.62. The second kappa shape index (κ2) is 11.4. The molecule has 0 aromatic heterocycles. The molecule has 1 aromatic rings. The van der Waals surface area contributed by atoms with Crippen LogP contribution >= 0.6 is 0 Å². The van der Waals surface area contributed by atoms with Crippen molar-refractivity contribution in [2.75, 3.05) is 46.3 Å². The molecule has 5 heteroatoms. The van der Waals surface area contributed by atoms with Crippen LogP contribution in [0, 0.1) is 5.92 Å². The summed E-state index contributed by atoms with van der Waals surface area (Å²) in [6, 6.07) is 11.4. The highest BCUT2D eigenvalue weighted by Gasteiger charge is 2.24. The largest absolute Gasteiger partial charge is 0.356 e. The van der Waals surface area contributed by atoms with Crippen molar-refractivity contribution in [1.82, 2.24) is 20.4 Å². The molecule has 1 aromatic carbocycles. The Bertz CT molecular complexity index is 580. The second-order valence-corrected chi connectivity index (χ2v) is 8.37. The first-order valence-corrected chi connectivity index (χ1v) is 11.2. The van der Waals surface area contributed by atoms with Gasteiger partial charge < -0.3 is 15.5 Å². The summed E-state index contributed by atoms with van der Waals surface area (Å²) in [6.45, 7) is 10.3. The Balaban J connectivity index is 1.38. The zero-order valence-electron chi connectivity index (χ0n) is 17.9. The monoisotopic (exact) mass is 385 g/mol. The summed E-state index contributed by atoms with van der Waals surface area (Å²) in [5, 5.41) is 7.16. The lowest BCUT2D eigenvalue weighted by atomic mass is 9.97. The molecule has 0 amide bonds. The quantitative estimate of drug-likeness (QED) is 0.533. The number of nitrogens with zero attached hydrogens (tertiary/aromatic N) is 3. The third-order valence-electron chi connectivity index (χ3n) is 6.26. The first-order valence-electron chi connectivity index (χ1n) is 11.2. The molecule has 1 unspecified atom stereocenters. The zero-order valence-corrected chi connectivity index (χ0v) is 17.9. The molecule has 0 aliphatic carbocycles. The van der Waals surface area contributed by atoms with Gasteiger partial charge in [0.15, 0.2) is 5.96 Å². The predicted octanol–water partition coefficient (Wildman–Crippen LogP) is 2.94. The normalized spacial score (nSPS) is 22.5. The van der Waals surface area contributed by atoms with Crippen LogP contribution in [0.25, 0.3) is 0 Å². The van der Waals surface area contributed by atoms with E-state index in [1.165, 1.54) is 63.8 Å². The van der Waals surface area contributed by atoms with Crippen molar-refractivity contribution in [1.29, 1.82) is 0 Å². The Morgan fingerprint density at radius 2 is 1.79 bits per heavy atom. The molecule has 28 heavy (non-hydrogen) atoms. The molecule has 2 aliphatic heterocycles. The number of hydrogen-bond donors (Lipinski definition) is 2. The molecule has 5 nitrogen and oxygen atoms in total. The molecular formula is C23H39N5. The first kappa shape index (κ1) is 21.1. The number of hydrogen-bond acceptors (Lipinski definition) is 3. The smallest absolute Gasteiger partial charge is 0.191 e. The van der Waals surface area contributed by atoms with Crippen molar-refractivity contribution in [3.63, 3.8) is 0 Å². The van der Waals surface area contributed by atoms with Gasteiger partial charge in [-0.1, -0.05) is 37.3 Å². The van der Waals surface area contributed by atoms with Crippen LogP contribution in [0.15, 0.2) is 35.3 Å². The molecule has 0 spiro atoms. The molecule has 2 fully saturated rings. The number of piperidine rings is 1. The highest BCUT2D eigenvalue weighted by molar-refractivity contribution is 5.79. The third-order valence-corrected chi connectivity index (χ3v) is 6.26.